The predicted octanol–water partition coefficient (Wildman–Crippen LogP) is 2.57. The van der Waals surface area contributed by atoms with Crippen LogP contribution in [0.5, 0.6) is 5.75 Å². The van der Waals surface area contributed by atoms with E-state index in [9.17, 15) is 9.59 Å². The number of carbonyl (C=O) groups is 2. The number of amides is 2. The summed E-state index contributed by atoms with van der Waals surface area (Å²) in [6.45, 7) is -0.277. The van der Waals surface area contributed by atoms with Crippen LogP contribution in [0.3, 0.4) is 0 Å². The molecule has 0 atom stereocenters. The van der Waals surface area contributed by atoms with Gasteiger partial charge in [-0.1, -0.05) is 34.1 Å². The first-order valence-electron chi connectivity index (χ1n) is 6.13. The Morgan fingerprint density at radius 2 is 1.90 bits per heavy atom. The van der Waals surface area contributed by atoms with Crippen LogP contribution in [0.25, 0.3) is 0 Å². The van der Waals surface area contributed by atoms with Crippen LogP contribution in [0, 0.1) is 0 Å². The second-order valence-electron chi connectivity index (χ2n) is 4.22. The van der Waals surface area contributed by atoms with Gasteiger partial charge >= 0.3 is 0 Å². The van der Waals surface area contributed by atoms with Crippen LogP contribution in [0.4, 0.5) is 5.69 Å². The SMILES string of the molecule is NC(=O)COc1ccccc1C(=O)Nc1cccc(Br)c1. The minimum Gasteiger partial charge on any atom is -0.483 e. The summed E-state index contributed by atoms with van der Waals surface area (Å²) in [5.41, 5.74) is 6.02. The zero-order valence-electron chi connectivity index (χ0n) is 11.0. The van der Waals surface area contributed by atoms with Crippen molar-refractivity contribution in [3.8, 4) is 5.75 Å². The molecule has 0 bridgehead atoms. The number of rotatable bonds is 5. The van der Waals surface area contributed by atoms with E-state index < -0.39 is 5.91 Å². The Bertz CT molecular complexity index is 673. The van der Waals surface area contributed by atoms with E-state index in [0.29, 0.717) is 17.0 Å². The predicted molar refractivity (Wildman–Crippen MR) is 83.2 cm³/mol. The molecule has 108 valence electrons. The molecule has 21 heavy (non-hydrogen) atoms. The molecule has 2 aromatic rings. The zero-order chi connectivity index (χ0) is 15.2. The van der Waals surface area contributed by atoms with Crippen LogP contribution < -0.4 is 15.8 Å². The summed E-state index contributed by atoms with van der Waals surface area (Å²) in [4.78, 5) is 23.0. The highest BCUT2D eigenvalue weighted by Gasteiger charge is 2.13. The Balaban J connectivity index is 2.17. The van der Waals surface area contributed by atoms with Gasteiger partial charge in [-0.05, 0) is 30.3 Å². The molecule has 0 aromatic heterocycles. The maximum atomic E-state index is 12.3. The van der Waals surface area contributed by atoms with Crippen molar-refractivity contribution in [1.29, 1.82) is 0 Å². The lowest BCUT2D eigenvalue weighted by molar-refractivity contribution is -0.119. The van der Waals surface area contributed by atoms with Gasteiger partial charge in [0.1, 0.15) is 5.75 Å². The molecule has 2 rings (SSSR count). The number of nitrogens with one attached hydrogen (secondary N) is 1. The third kappa shape index (κ3) is 4.32. The second kappa shape index (κ2) is 6.90. The number of hydrogen-bond donors (Lipinski definition) is 2. The molecule has 2 aromatic carbocycles. The van der Waals surface area contributed by atoms with E-state index in [-0.39, 0.29) is 12.5 Å². The lowest BCUT2D eigenvalue weighted by atomic mass is 10.2. The highest BCUT2D eigenvalue weighted by molar-refractivity contribution is 9.10. The molecule has 0 aliphatic heterocycles. The van der Waals surface area contributed by atoms with E-state index in [4.69, 9.17) is 10.5 Å². The molecule has 0 aliphatic carbocycles. The molecule has 0 aliphatic rings. The summed E-state index contributed by atoms with van der Waals surface area (Å²) in [7, 11) is 0. The number of ether oxygens (including phenoxy) is 1. The summed E-state index contributed by atoms with van der Waals surface area (Å²) in [6.07, 6.45) is 0. The number of benzene rings is 2. The first-order valence-corrected chi connectivity index (χ1v) is 6.92. The first-order chi connectivity index (χ1) is 10.1. The fourth-order valence-electron chi connectivity index (χ4n) is 1.69. The van der Waals surface area contributed by atoms with Crippen LogP contribution in [-0.4, -0.2) is 18.4 Å². The fourth-order valence-corrected chi connectivity index (χ4v) is 2.09. The van der Waals surface area contributed by atoms with E-state index in [1.165, 1.54) is 0 Å². The van der Waals surface area contributed by atoms with Gasteiger partial charge in [0.2, 0.25) is 0 Å². The molecule has 6 heteroatoms. The summed E-state index contributed by atoms with van der Waals surface area (Å²) >= 11 is 3.34. The summed E-state index contributed by atoms with van der Waals surface area (Å²) in [5.74, 6) is -0.617. The normalized spacial score (nSPS) is 9.95. The Morgan fingerprint density at radius 1 is 1.14 bits per heavy atom. The third-order valence-corrected chi connectivity index (χ3v) is 3.08. The molecule has 5 nitrogen and oxygen atoms in total. The molecular weight excluding hydrogens is 336 g/mol. The minimum absolute atomic E-state index is 0.277. The maximum absolute atomic E-state index is 12.3. The molecule has 0 spiro atoms. The van der Waals surface area contributed by atoms with Crippen molar-refractivity contribution in [3.63, 3.8) is 0 Å². The van der Waals surface area contributed by atoms with Gasteiger partial charge in [-0.3, -0.25) is 9.59 Å². The number of anilines is 1. The number of halogens is 1. The first kappa shape index (κ1) is 15.1. The standard InChI is InChI=1S/C15H13BrN2O3/c16-10-4-3-5-11(8-10)18-15(20)12-6-1-2-7-13(12)21-9-14(17)19/h1-8H,9H2,(H2,17,19)(H,18,20). The maximum Gasteiger partial charge on any atom is 0.259 e. The van der Waals surface area contributed by atoms with Crippen molar-refractivity contribution in [1.82, 2.24) is 0 Å². The Kier molecular flexibility index (Phi) is 4.94. The third-order valence-electron chi connectivity index (χ3n) is 2.58. The van der Waals surface area contributed by atoms with Crippen LogP contribution in [0.15, 0.2) is 53.0 Å². The van der Waals surface area contributed by atoms with E-state index in [1.807, 2.05) is 12.1 Å². The van der Waals surface area contributed by atoms with Crippen LogP contribution in [0.2, 0.25) is 0 Å². The molecule has 0 fully saturated rings. The van der Waals surface area contributed by atoms with Gasteiger partial charge in [-0.25, -0.2) is 0 Å². The van der Waals surface area contributed by atoms with Crippen molar-refractivity contribution in [3.05, 3.63) is 58.6 Å². The molecule has 0 saturated heterocycles. The summed E-state index contributed by atoms with van der Waals surface area (Å²) in [6, 6.07) is 13.9. The van der Waals surface area contributed by atoms with Crippen molar-refractivity contribution in [2.75, 3.05) is 11.9 Å². The lowest BCUT2D eigenvalue weighted by Crippen LogP contribution is -2.21. The van der Waals surface area contributed by atoms with Crippen molar-refractivity contribution in [2.45, 2.75) is 0 Å². The summed E-state index contributed by atoms with van der Waals surface area (Å²) in [5, 5.41) is 2.76. The highest BCUT2D eigenvalue weighted by Crippen LogP contribution is 2.21. The van der Waals surface area contributed by atoms with E-state index in [2.05, 4.69) is 21.2 Å². The molecule has 0 heterocycles. The van der Waals surface area contributed by atoms with Crippen molar-refractivity contribution < 1.29 is 14.3 Å². The highest BCUT2D eigenvalue weighted by atomic mass is 79.9. The average Bonchev–Trinajstić information content (AvgIpc) is 2.45. The van der Waals surface area contributed by atoms with Crippen LogP contribution in [-0.2, 0) is 4.79 Å². The lowest BCUT2D eigenvalue weighted by Gasteiger charge is -2.10. The van der Waals surface area contributed by atoms with Crippen LogP contribution >= 0.6 is 15.9 Å². The zero-order valence-corrected chi connectivity index (χ0v) is 12.6. The van der Waals surface area contributed by atoms with Gasteiger partial charge in [-0.15, -0.1) is 0 Å². The molecule has 0 unspecified atom stereocenters. The Hall–Kier alpha value is -2.34. The van der Waals surface area contributed by atoms with E-state index in [0.717, 1.165) is 4.47 Å². The number of para-hydroxylation sites is 1. The smallest absolute Gasteiger partial charge is 0.259 e. The van der Waals surface area contributed by atoms with Gasteiger partial charge in [0.25, 0.3) is 11.8 Å². The quantitative estimate of drug-likeness (QED) is 0.871. The van der Waals surface area contributed by atoms with Gasteiger partial charge in [-0.2, -0.15) is 0 Å². The number of nitrogens with two attached hydrogens (primary N) is 1. The van der Waals surface area contributed by atoms with E-state index in [1.54, 1.807) is 36.4 Å². The monoisotopic (exact) mass is 348 g/mol. The van der Waals surface area contributed by atoms with Gasteiger partial charge in [0.05, 0.1) is 5.56 Å². The fraction of sp³-hybridized carbons (Fsp3) is 0.0667. The Morgan fingerprint density at radius 3 is 2.62 bits per heavy atom. The number of carbonyl (C=O) groups excluding carboxylic acids is 2. The minimum atomic E-state index is -0.600. The molecule has 0 radical (unpaired) electrons. The molecule has 0 saturated carbocycles. The van der Waals surface area contributed by atoms with Crippen molar-refractivity contribution >= 4 is 33.4 Å². The average molecular weight is 349 g/mol. The van der Waals surface area contributed by atoms with Gasteiger partial charge in [0, 0.05) is 10.2 Å². The van der Waals surface area contributed by atoms with Gasteiger partial charge in [0.15, 0.2) is 6.61 Å². The van der Waals surface area contributed by atoms with E-state index >= 15 is 0 Å². The second-order valence-corrected chi connectivity index (χ2v) is 5.13. The van der Waals surface area contributed by atoms with Gasteiger partial charge < -0.3 is 15.8 Å². The van der Waals surface area contributed by atoms with Crippen molar-refractivity contribution in [2.24, 2.45) is 5.73 Å². The molecular formula is C15H13BrN2O3. The number of primary amides is 1. The number of hydrogen-bond acceptors (Lipinski definition) is 3. The molecule has 2 amide bonds. The molecule has 3 N–H and O–H groups in total. The Labute approximate surface area is 130 Å². The van der Waals surface area contributed by atoms with Crippen LogP contribution in [0.1, 0.15) is 10.4 Å². The topological polar surface area (TPSA) is 81.4 Å². The largest absolute Gasteiger partial charge is 0.483 e. The summed E-state index contributed by atoms with van der Waals surface area (Å²) < 4.78 is 6.10.